The molecule has 0 spiro atoms. The van der Waals surface area contributed by atoms with Gasteiger partial charge >= 0.3 is 5.97 Å². The Kier molecular flexibility index (Phi) is 8.10. The van der Waals surface area contributed by atoms with Gasteiger partial charge in [0.05, 0.1) is 18.0 Å². The third-order valence-corrected chi connectivity index (χ3v) is 3.65. The Balaban J connectivity index is 2.69. The summed E-state index contributed by atoms with van der Waals surface area (Å²) in [5.74, 6) is -0.126. The molecule has 0 saturated carbocycles. The molecule has 1 atom stereocenters. The topological polar surface area (TPSA) is 98.5 Å². The summed E-state index contributed by atoms with van der Waals surface area (Å²) in [7, 11) is 0. The average molecular weight is 340 g/mol. The third kappa shape index (κ3) is 6.68. The Morgan fingerprint density at radius 1 is 1.43 bits per heavy atom. The predicted octanol–water partition coefficient (Wildman–Crippen LogP) is 1.94. The zero-order valence-corrected chi connectivity index (χ0v) is 13.9. The van der Waals surface area contributed by atoms with Gasteiger partial charge in [-0.3, -0.25) is 14.9 Å². The molecule has 0 unspecified atom stereocenters. The largest absolute Gasteiger partial charge is 0.464 e. The molecule has 23 heavy (non-hydrogen) atoms. The lowest BCUT2D eigenvalue weighted by molar-refractivity contribution is -0.384. The molecule has 7 nitrogen and oxygen atoms in total. The molecule has 0 bridgehead atoms. The van der Waals surface area contributed by atoms with Crippen LogP contribution in [-0.2, 0) is 20.7 Å². The lowest BCUT2D eigenvalue weighted by Crippen LogP contribution is -2.43. The Hall–Kier alpha value is -2.09. The number of nitro benzene ring substituents is 1. The van der Waals surface area contributed by atoms with Crippen LogP contribution < -0.4 is 5.32 Å². The molecule has 0 aliphatic carbocycles. The molecule has 0 aliphatic heterocycles. The molecule has 1 amide bonds. The van der Waals surface area contributed by atoms with Crippen LogP contribution in [0, 0.1) is 10.1 Å². The normalized spacial score (nSPS) is 11.6. The smallest absolute Gasteiger partial charge is 0.328 e. The van der Waals surface area contributed by atoms with E-state index in [0.717, 1.165) is 0 Å². The molecule has 0 radical (unpaired) electrons. The van der Waals surface area contributed by atoms with Gasteiger partial charge in [-0.05, 0) is 30.9 Å². The highest BCUT2D eigenvalue weighted by molar-refractivity contribution is 7.98. The number of nitrogens with one attached hydrogen (secondary N) is 1. The van der Waals surface area contributed by atoms with Crippen LogP contribution in [0.5, 0.6) is 0 Å². The number of thioether (sulfide) groups is 1. The van der Waals surface area contributed by atoms with E-state index in [2.05, 4.69) is 5.32 Å². The van der Waals surface area contributed by atoms with Gasteiger partial charge in [0.2, 0.25) is 5.91 Å². The van der Waals surface area contributed by atoms with E-state index in [-0.39, 0.29) is 24.6 Å². The van der Waals surface area contributed by atoms with Crippen LogP contribution in [0.1, 0.15) is 18.9 Å². The molecule has 0 aliphatic rings. The van der Waals surface area contributed by atoms with E-state index < -0.39 is 16.9 Å². The first kappa shape index (κ1) is 19.0. The van der Waals surface area contributed by atoms with Crippen molar-refractivity contribution in [3.05, 3.63) is 39.9 Å². The highest BCUT2D eigenvalue weighted by atomic mass is 32.2. The van der Waals surface area contributed by atoms with Crippen LogP contribution in [-0.4, -0.2) is 41.5 Å². The van der Waals surface area contributed by atoms with Crippen molar-refractivity contribution in [2.45, 2.75) is 25.8 Å². The SMILES string of the molecule is CCOC(=O)[C@H](CCSC)NC(=O)Cc1cccc([N+](=O)[O-])c1. The first-order valence-corrected chi connectivity index (χ1v) is 8.55. The molecule has 1 rings (SSSR count). The number of non-ortho nitro benzene ring substituents is 1. The first-order valence-electron chi connectivity index (χ1n) is 7.16. The number of carbonyl (C=O) groups excluding carboxylic acids is 2. The quantitative estimate of drug-likeness (QED) is 0.419. The van der Waals surface area contributed by atoms with Crippen molar-refractivity contribution < 1.29 is 19.2 Å². The minimum atomic E-state index is -0.700. The number of carbonyl (C=O) groups is 2. The standard InChI is InChI=1S/C15H20N2O5S/c1-3-22-15(19)13(7-8-23-2)16-14(18)10-11-5-4-6-12(9-11)17(20)21/h4-6,9,13H,3,7-8,10H2,1-2H3,(H,16,18)/t13-/m0/s1. The van der Waals surface area contributed by atoms with Crippen molar-refractivity contribution in [2.75, 3.05) is 18.6 Å². The van der Waals surface area contributed by atoms with Crippen molar-refractivity contribution in [1.82, 2.24) is 5.32 Å². The van der Waals surface area contributed by atoms with Crippen molar-refractivity contribution in [3.63, 3.8) is 0 Å². The van der Waals surface area contributed by atoms with E-state index in [4.69, 9.17) is 4.74 Å². The second-order valence-electron chi connectivity index (χ2n) is 4.76. The Morgan fingerprint density at radius 2 is 2.17 bits per heavy atom. The van der Waals surface area contributed by atoms with Crippen molar-refractivity contribution in [2.24, 2.45) is 0 Å². The summed E-state index contributed by atoms with van der Waals surface area (Å²) in [6.45, 7) is 1.95. The van der Waals surface area contributed by atoms with Gasteiger partial charge in [-0.25, -0.2) is 4.79 Å². The van der Waals surface area contributed by atoms with Crippen LogP contribution in [0.25, 0.3) is 0 Å². The van der Waals surface area contributed by atoms with Crippen molar-refractivity contribution >= 4 is 29.3 Å². The summed E-state index contributed by atoms with van der Waals surface area (Å²) < 4.78 is 4.95. The van der Waals surface area contributed by atoms with Crippen LogP contribution >= 0.6 is 11.8 Å². The number of ether oxygens (including phenoxy) is 1. The fourth-order valence-electron chi connectivity index (χ4n) is 1.94. The predicted molar refractivity (Wildman–Crippen MR) is 88.4 cm³/mol. The summed E-state index contributed by atoms with van der Waals surface area (Å²) in [4.78, 5) is 34.2. The number of hydrogen-bond acceptors (Lipinski definition) is 6. The highest BCUT2D eigenvalue weighted by Crippen LogP contribution is 2.13. The fourth-order valence-corrected chi connectivity index (χ4v) is 2.41. The number of benzene rings is 1. The van der Waals surface area contributed by atoms with Gasteiger partial charge in [-0.1, -0.05) is 12.1 Å². The minimum absolute atomic E-state index is 0.0309. The summed E-state index contributed by atoms with van der Waals surface area (Å²) in [5, 5.41) is 13.4. The van der Waals surface area contributed by atoms with E-state index in [1.54, 1.807) is 24.8 Å². The summed E-state index contributed by atoms with van der Waals surface area (Å²) in [6.07, 6.45) is 2.35. The lowest BCUT2D eigenvalue weighted by atomic mass is 10.1. The zero-order valence-electron chi connectivity index (χ0n) is 13.1. The Morgan fingerprint density at radius 3 is 2.78 bits per heavy atom. The maximum absolute atomic E-state index is 12.1. The van der Waals surface area contributed by atoms with E-state index >= 15 is 0 Å². The van der Waals surface area contributed by atoms with Gasteiger partial charge in [0, 0.05) is 12.1 Å². The van der Waals surface area contributed by atoms with Crippen molar-refractivity contribution in [1.29, 1.82) is 0 Å². The van der Waals surface area contributed by atoms with E-state index in [1.165, 1.54) is 18.2 Å². The molecule has 8 heteroatoms. The molecule has 1 aromatic rings. The number of hydrogen-bond donors (Lipinski definition) is 1. The maximum Gasteiger partial charge on any atom is 0.328 e. The summed E-state index contributed by atoms with van der Waals surface area (Å²) >= 11 is 1.57. The zero-order chi connectivity index (χ0) is 17.2. The third-order valence-electron chi connectivity index (χ3n) is 3.00. The van der Waals surface area contributed by atoms with Crippen LogP contribution in [0.4, 0.5) is 5.69 Å². The maximum atomic E-state index is 12.1. The second-order valence-corrected chi connectivity index (χ2v) is 5.74. The number of amides is 1. The van der Waals surface area contributed by atoms with Crippen LogP contribution in [0.3, 0.4) is 0 Å². The minimum Gasteiger partial charge on any atom is -0.464 e. The van der Waals surface area contributed by atoms with Gasteiger partial charge in [0.1, 0.15) is 6.04 Å². The Labute approximate surface area is 138 Å². The molecular formula is C15H20N2O5S. The van der Waals surface area contributed by atoms with Crippen LogP contribution in [0.15, 0.2) is 24.3 Å². The molecule has 1 aromatic carbocycles. The van der Waals surface area contributed by atoms with Gasteiger partial charge in [0.15, 0.2) is 0 Å². The van der Waals surface area contributed by atoms with Gasteiger partial charge in [0.25, 0.3) is 5.69 Å². The molecule has 0 saturated heterocycles. The molecule has 126 valence electrons. The Bertz CT molecular complexity index is 565. The van der Waals surface area contributed by atoms with Gasteiger partial charge in [-0.15, -0.1) is 0 Å². The first-order chi connectivity index (χ1) is 11.0. The molecular weight excluding hydrogens is 320 g/mol. The van der Waals surface area contributed by atoms with E-state index in [1.807, 2.05) is 6.26 Å². The highest BCUT2D eigenvalue weighted by Gasteiger charge is 2.21. The number of rotatable bonds is 9. The van der Waals surface area contributed by atoms with Gasteiger partial charge < -0.3 is 10.1 Å². The number of nitro groups is 1. The molecule has 1 N–H and O–H groups in total. The van der Waals surface area contributed by atoms with E-state index in [9.17, 15) is 19.7 Å². The molecule has 0 heterocycles. The van der Waals surface area contributed by atoms with Crippen LogP contribution in [0.2, 0.25) is 0 Å². The average Bonchev–Trinajstić information content (AvgIpc) is 2.51. The number of esters is 1. The molecule has 0 aromatic heterocycles. The van der Waals surface area contributed by atoms with Gasteiger partial charge in [-0.2, -0.15) is 11.8 Å². The number of nitrogens with zero attached hydrogens (tertiary/aromatic N) is 1. The molecule has 0 fully saturated rings. The monoisotopic (exact) mass is 340 g/mol. The summed E-state index contributed by atoms with van der Waals surface area (Å²) in [5.41, 5.74) is 0.448. The lowest BCUT2D eigenvalue weighted by Gasteiger charge is -2.16. The second kappa shape index (κ2) is 9.83. The summed E-state index contributed by atoms with van der Waals surface area (Å²) in [6, 6.07) is 5.17. The van der Waals surface area contributed by atoms with E-state index in [0.29, 0.717) is 17.7 Å². The fraction of sp³-hybridized carbons (Fsp3) is 0.467. The van der Waals surface area contributed by atoms with Crippen molar-refractivity contribution in [3.8, 4) is 0 Å².